The second-order valence-electron chi connectivity index (χ2n) is 2.83. The van der Waals surface area contributed by atoms with E-state index in [9.17, 15) is 14.7 Å². The summed E-state index contributed by atoms with van der Waals surface area (Å²) in [4.78, 5) is 20.9. The Bertz CT molecular complexity index is 310. The number of carbonyl (C=O) groups excluding carboxylic acids is 2. The molecule has 0 heterocycles. The van der Waals surface area contributed by atoms with Crippen molar-refractivity contribution in [2.45, 2.75) is 12.5 Å². The van der Waals surface area contributed by atoms with Gasteiger partial charge in [0.2, 0.25) is 6.41 Å². The number of aliphatic hydroxyl groups is 1. The summed E-state index contributed by atoms with van der Waals surface area (Å²) in [6.07, 6.45) is -0.709. The molecule has 74 valence electrons. The topological polar surface area (TPSA) is 66.4 Å². The van der Waals surface area contributed by atoms with Crippen molar-refractivity contribution in [2.75, 3.05) is 0 Å². The highest BCUT2D eigenvalue weighted by Crippen LogP contribution is 2.02. The van der Waals surface area contributed by atoms with Gasteiger partial charge in [-0.2, -0.15) is 0 Å². The Hall–Kier alpha value is -1.68. The Morgan fingerprint density at radius 3 is 2.64 bits per heavy atom. The Morgan fingerprint density at radius 1 is 1.43 bits per heavy atom. The van der Waals surface area contributed by atoms with E-state index in [0.717, 1.165) is 5.56 Å². The SMILES string of the molecule is O=CNC(=O)C(O)Cc1ccccc1. The summed E-state index contributed by atoms with van der Waals surface area (Å²) in [6, 6.07) is 9.09. The van der Waals surface area contributed by atoms with Gasteiger partial charge in [-0.25, -0.2) is 0 Å². The molecule has 1 rings (SSSR count). The molecule has 2 N–H and O–H groups in total. The van der Waals surface area contributed by atoms with Crippen LogP contribution in [0.4, 0.5) is 0 Å². The van der Waals surface area contributed by atoms with Crippen LogP contribution in [0.1, 0.15) is 5.56 Å². The molecule has 0 radical (unpaired) electrons. The minimum absolute atomic E-state index is 0.209. The van der Waals surface area contributed by atoms with E-state index in [1.807, 2.05) is 23.5 Å². The zero-order valence-corrected chi connectivity index (χ0v) is 7.51. The molecule has 1 aromatic rings. The number of rotatable bonds is 4. The Labute approximate surface area is 81.6 Å². The molecule has 0 aliphatic heterocycles. The minimum Gasteiger partial charge on any atom is -0.383 e. The lowest BCUT2D eigenvalue weighted by Crippen LogP contribution is -2.34. The molecule has 2 amide bonds. The Morgan fingerprint density at radius 2 is 2.07 bits per heavy atom. The molecule has 1 aromatic carbocycles. The number of amides is 2. The average molecular weight is 193 g/mol. The molecule has 0 spiro atoms. The first-order chi connectivity index (χ1) is 6.74. The summed E-state index contributed by atoms with van der Waals surface area (Å²) in [7, 11) is 0. The molecular weight excluding hydrogens is 182 g/mol. The second kappa shape index (κ2) is 5.14. The van der Waals surface area contributed by atoms with Crippen molar-refractivity contribution in [1.82, 2.24) is 5.32 Å². The van der Waals surface area contributed by atoms with Gasteiger partial charge in [0.05, 0.1) is 0 Å². The van der Waals surface area contributed by atoms with Crippen molar-refractivity contribution in [2.24, 2.45) is 0 Å². The van der Waals surface area contributed by atoms with Gasteiger partial charge in [0, 0.05) is 6.42 Å². The number of hydrogen-bond donors (Lipinski definition) is 2. The van der Waals surface area contributed by atoms with E-state index in [2.05, 4.69) is 0 Å². The fourth-order valence-corrected chi connectivity index (χ4v) is 1.08. The van der Waals surface area contributed by atoms with E-state index < -0.39 is 12.0 Å². The first kappa shape index (κ1) is 10.4. The smallest absolute Gasteiger partial charge is 0.255 e. The maximum Gasteiger partial charge on any atom is 0.255 e. The van der Waals surface area contributed by atoms with Gasteiger partial charge in [0.1, 0.15) is 6.10 Å². The first-order valence-corrected chi connectivity index (χ1v) is 4.20. The Kier molecular flexibility index (Phi) is 3.82. The lowest BCUT2D eigenvalue weighted by molar-refractivity contribution is -0.132. The van der Waals surface area contributed by atoms with Crippen LogP contribution in [0.5, 0.6) is 0 Å². The van der Waals surface area contributed by atoms with Crippen molar-refractivity contribution in [3.63, 3.8) is 0 Å². The molecule has 0 aliphatic rings. The molecule has 1 atom stereocenters. The van der Waals surface area contributed by atoms with Gasteiger partial charge in [-0.1, -0.05) is 30.3 Å². The summed E-state index contributed by atoms with van der Waals surface area (Å²) >= 11 is 0. The fourth-order valence-electron chi connectivity index (χ4n) is 1.08. The molecule has 4 nitrogen and oxygen atoms in total. The van der Waals surface area contributed by atoms with Crippen LogP contribution in [-0.4, -0.2) is 23.5 Å². The monoisotopic (exact) mass is 193 g/mol. The highest BCUT2D eigenvalue weighted by atomic mass is 16.3. The summed E-state index contributed by atoms with van der Waals surface area (Å²) in [6.45, 7) is 0. The van der Waals surface area contributed by atoms with Crippen LogP contribution >= 0.6 is 0 Å². The zero-order valence-electron chi connectivity index (χ0n) is 7.51. The van der Waals surface area contributed by atoms with Gasteiger partial charge >= 0.3 is 0 Å². The van der Waals surface area contributed by atoms with E-state index in [1.165, 1.54) is 0 Å². The summed E-state index contributed by atoms with van der Waals surface area (Å²) in [5, 5.41) is 11.2. The maximum absolute atomic E-state index is 11.0. The first-order valence-electron chi connectivity index (χ1n) is 4.20. The molecule has 0 aromatic heterocycles. The van der Waals surface area contributed by atoms with E-state index >= 15 is 0 Å². The standard InChI is InChI=1S/C10H11NO3/c12-7-11-10(14)9(13)6-8-4-2-1-3-5-8/h1-5,7,9,13H,6H2,(H,11,12,14). The summed E-state index contributed by atoms with van der Waals surface area (Å²) in [5.41, 5.74) is 0.848. The second-order valence-corrected chi connectivity index (χ2v) is 2.83. The van der Waals surface area contributed by atoms with Gasteiger partial charge in [0.25, 0.3) is 5.91 Å². The predicted octanol–water partition coefficient (Wildman–Crippen LogP) is -0.137. The van der Waals surface area contributed by atoms with Crippen molar-refractivity contribution < 1.29 is 14.7 Å². The fraction of sp³-hybridized carbons (Fsp3) is 0.200. The van der Waals surface area contributed by atoms with Gasteiger partial charge in [-0.3, -0.25) is 14.9 Å². The number of imide groups is 1. The van der Waals surface area contributed by atoms with Crippen LogP contribution in [0.2, 0.25) is 0 Å². The van der Waals surface area contributed by atoms with Crippen LogP contribution in [0.3, 0.4) is 0 Å². The normalized spacial score (nSPS) is 11.8. The van der Waals surface area contributed by atoms with E-state index in [-0.39, 0.29) is 12.8 Å². The summed E-state index contributed by atoms with van der Waals surface area (Å²) in [5.74, 6) is -0.677. The van der Waals surface area contributed by atoms with Crippen molar-refractivity contribution in [3.05, 3.63) is 35.9 Å². The van der Waals surface area contributed by atoms with Gasteiger partial charge in [-0.15, -0.1) is 0 Å². The van der Waals surface area contributed by atoms with Crippen LogP contribution in [0.25, 0.3) is 0 Å². The maximum atomic E-state index is 11.0. The third kappa shape index (κ3) is 2.99. The van der Waals surface area contributed by atoms with E-state index in [1.54, 1.807) is 12.1 Å². The molecular formula is C10H11NO3. The van der Waals surface area contributed by atoms with Crippen molar-refractivity contribution in [3.8, 4) is 0 Å². The number of carbonyl (C=O) groups is 2. The molecule has 0 saturated carbocycles. The van der Waals surface area contributed by atoms with Crippen LogP contribution in [0, 0.1) is 0 Å². The summed E-state index contributed by atoms with van der Waals surface area (Å²) < 4.78 is 0. The van der Waals surface area contributed by atoms with Gasteiger partial charge < -0.3 is 5.11 Å². The average Bonchev–Trinajstić information content (AvgIpc) is 2.19. The van der Waals surface area contributed by atoms with E-state index in [0.29, 0.717) is 0 Å². The third-order valence-corrected chi connectivity index (χ3v) is 1.78. The van der Waals surface area contributed by atoms with Crippen LogP contribution in [0.15, 0.2) is 30.3 Å². The lowest BCUT2D eigenvalue weighted by Gasteiger charge is -2.07. The van der Waals surface area contributed by atoms with Gasteiger partial charge in [0.15, 0.2) is 0 Å². The minimum atomic E-state index is -1.18. The number of hydrogen-bond acceptors (Lipinski definition) is 3. The number of aliphatic hydroxyl groups excluding tert-OH is 1. The van der Waals surface area contributed by atoms with Gasteiger partial charge in [-0.05, 0) is 5.56 Å². The highest BCUT2D eigenvalue weighted by molar-refractivity contribution is 5.89. The molecule has 0 bridgehead atoms. The number of benzene rings is 1. The molecule has 0 fully saturated rings. The van der Waals surface area contributed by atoms with E-state index in [4.69, 9.17) is 0 Å². The van der Waals surface area contributed by atoms with Crippen LogP contribution in [-0.2, 0) is 16.0 Å². The van der Waals surface area contributed by atoms with Crippen molar-refractivity contribution in [1.29, 1.82) is 0 Å². The molecule has 1 unspecified atom stereocenters. The molecule has 4 heteroatoms. The number of nitrogens with one attached hydrogen (secondary N) is 1. The molecule has 14 heavy (non-hydrogen) atoms. The predicted molar refractivity (Wildman–Crippen MR) is 50.4 cm³/mol. The highest BCUT2D eigenvalue weighted by Gasteiger charge is 2.14. The molecule has 0 aliphatic carbocycles. The van der Waals surface area contributed by atoms with Crippen LogP contribution < -0.4 is 5.32 Å². The van der Waals surface area contributed by atoms with Crippen molar-refractivity contribution >= 4 is 12.3 Å². The molecule has 0 saturated heterocycles. The zero-order chi connectivity index (χ0) is 10.4. The lowest BCUT2D eigenvalue weighted by atomic mass is 10.1. The third-order valence-electron chi connectivity index (χ3n) is 1.78. The largest absolute Gasteiger partial charge is 0.383 e. The quantitative estimate of drug-likeness (QED) is 0.654. The Balaban J connectivity index is 2.52.